The van der Waals surface area contributed by atoms with Crippen LogP contribution >= 0.6 is 22.9 Å². The predicted molar refractivity (Wildman–Crippen MR) is 89.4 cm³/mol. The highest BCUT2D eigenvalue weighted by molar-refractivity contribution is 7.21. The molecule has 0 aliphatic carbocycles. The SMILES string of the molecule is C[C@@H](NC(=O)c1sc2cc(OC(F)F)ccc2c1Cl)[C@H]1CCCO1. The molecule has 2 atom stereocenters. The van der Waals surface area contributed by atoms with E-state index in [9.17, 15) is 13.6 Å². The van der Waals surface area contributed by atoms with Gasteiger partial charge >= 0.3 is 6.61 Å². The molecule has 0 radical (unpaired) electrons. The largest absolute Gasteiger partial charge is 0.435 e. The van der Waals surface area contributed by atoms with Crippen molar-refractivity contribution in [3.63, 3.8) is 0 Å². The van der Waals surface area contributed by atoms with Crippen LogP contribution in [0.1, 0.15) is 29.4 Å². The Kier molecular flexibility index (Phi) is 5.22. The molecule has 1 saturated heterocycles. The number of hydrogen-bond acceptors (Lipinski definition) is 4. The van der Waals surface area contributed by atoms with Gasteiger partial charge in [0, 0.05) is 16.7 Å². The maximum Gasteiger partial charge on any atom is 0.387 e. The highest BCUT2D eigenvalue weighted by Gasteiger charge is 2.26. The summed E-state index contributed by atoms with van der Waals surface area (Å²) in [6.07, 6.45) is 1.91. The van der Waals surface area contributed by atoms with Crippen molar-refractivity contribution in [2.75, 3.05) is 6.61 Å². The summed E-state index contributed by atoms with van der Waals surface area (Å²) in [5.74, 6) is -0.254. The number of fused-ring (bicyclic) bond motifs is 1. The van der Waals surface area contributed by atoms with E-state index in [1.807, 2.05) is 6.92 Å². The average Bonchev–Trinajstić information content (AvgIpc) is 3.15. The number of amides is 1. The van der Waals surface area contributed by atoms with Crippen molar-refractivity contribution in [1.82, 2.24) is 5.32 Å². The first-order valence-corrected chi connectivity index (χ1v) is 8.74. The van der Waals surface area contributed by atoms with Crippen LogP contribution in [0.25, 0.3) is 10.1 Å². The lowest BCUT2D eigenvalue weighted by Gasteiger charge is -2.19. The lowest BCUT2D eigenvalue weighted by molar-refractivity contribution is -0.0497. The molecular formula is C16H16ClF2NO3S. The van der Waals surface area contributed by atoms with Gasteiger partial charge in [0.25, 0.3) is 5.91 Å². The van der Waals surface area contributed by atoms with Gasteiger partial charge in [-0.1, -0.05) is 11.6 Å². The topological polar surface area (TPSA) is 47.6 Å². The highest BCUT2D eigenvalue weighted by atomic mass is 35.5. The Hall–Kier alpha value is -1.44. The number of alkyl halides is 2. The average molecular weight is 376 g/mol. The van der Waals surface area contributed by atoms with Gasteiger partial charge in [-0.2, -0.15) is 8.78 Å². The van der Waals surface area contributed by atoms with Crippen LogP contribution in [-0.4, -0.2) is 31.3 Å². The molecule has 24 heavy (non-hydrogen) atoms. The van der Waals surface area contributed by atoms with Gasteiger partial charge in [-0.05, 0) is 38.0 Å². The predicted octanol–water partition coefficient (Wildman–Crippen LogP) is 4.45. The van der Waals surface area contributed by atoms with Crippen LogP contribution in [0.3, 0.4) is 0 Å². The third-order valence-electron chi connectivity index (χ3n) is 3.91. The summed E-state index contributed by atoms with van der Waals surface area (Å²) in [5.41, 5.74) is 0. The zero-order valence-corrected chi connectivity index (χ0v) is 14.4. The maximum absolute atomic E-state index is 12.5. The second kappa shape index (κ2) is 7.21. The monoisotopic (exact) mass is 375 g/mol. The first-order valence-electron chi connectivity index (χ1n) is 7.55. The summed E-state index contributed by atoms with van der Waals surface area (Å²) in [6.45, 7) is -0.293. The Bertz CT molecular complexity index is 746. The Labute approximate surface area is 146 Å². The quantitative estimate of drug-likeness (QED) is 0.839. The van der Waals surface area contributed by atoms with Crippen molar-refractivity contribution in [2.45, 2.75) is 38.5 Å². The number of ether oxygens (including phenoxy) is 2. The molecule has 130 valence electrons. The van der Waals surface area contributed by atoms with E-state index in [2.05, 4.69) is 10.1 Å². The number of carbonyl (C=O) groups is 1. The summed E-state index contributed by atoms with van der Waals surface area (Å²) in [4.78, 5) is 12.8. The Balaban J connectivity index is 1.80. The van der Waals surface area contributed by atoms with E-state index in [0.29, 0.717) is 26.6 Å². The summed E-state index contributed by atoms with van der Waals surface area (Å²) < 4.78 is 35.2. The fourth-order valence-corrected chi connectivity index (χ4v) is 4.18. The Morgan fingerprint density at radius 3 is 2.96 bits per heavy atom. The van der Waals surface area contributed by atoms with Crippen molar-refractivity contribution in [2.24, 2.45) is 0 Å². The second-order valence-electron chi connectivity index (χ2n) is 5.60. The van der Waals surface area contributed by atoms with Crippen LogP contribution < -0.4 is 10.1 Å². The van der Waals surface area contributed by atoms with E-state index in [4.69, 9.17) is 16.3 Å². The summed E-state index contributed by atoms with van der Waals surface area (Å²) >= 11 is 7.43. The fourth-order valence-electron chi connectivity index (χ4n) is 2.73. The van der Waals surface area contributed by atoms with E-state index in [1.54, 1.807) is 6.07 Å². The zero-order chi connectivity index (χ0) is 17.3. The van der Waals surface area contributed by atoms with Gasteiger partial charge < -0.3 is 14.8 Å². The number of thiophene rings is 1. The number of rotatable bonds is 5. The molecular weight excluding hydrogens is 360 g/mol. The molecule has 1 fully saturated rings. The molecule has 1 aliphatic heterocycles. The van der Waals surface area contributed by atoms with Crippen LogP contribution in [0.15, 0.2) is 18.2 Å². The molecule has 2 heterocycles. The molecule has 0 unspecified atom stereocenters. The van der Waals surface area contributed by atoms with Crippen LogP contribution in [-0.2, 0) is 4.74 Å². The van der Waals surface area contributed by atoms with E-state index in [1.165, 1.54) is 12.1 Å². The summed E-state index contributed by atoms with van der Waals surface area (Å²) in [7, 11) is 0. The zero-order valence-electron chi connectivity index (χ0n) is 12.9. The first-order chi connectivity index (χ1) is 11.5. The molecule has 1 amide bonds. The van der Waals surface area contributed by atoms with Gasteiger partial charge in [-0.25, -0.2) is 0 Å². The highest BCUT2D eigenvalue weighted by Crippen LogP contribution is 2.37. The van der Waals surface area contributed by atoms with Gasteiger partial charge in [0.15, 0.2) is 0 Å². The normalized spacial score (nSPS) is 19.0. The standard InChI is InChI=1S/C16H16ClF2NO3S/c1-8(11-3-2-6-22-11)20-15(21)14-13(17)10-5-4-9(23-16(18)19)7-12(10)24-14/h4-5,7-8,11,16H,2-3,6H2,1H3,(H,20,21)/t8-,11-/m1/s1. The number of benzene rings is 1. The maximum atomic E-state index is 12.5. The van der Waals surface area contributed by atoms with Crippen molar-refractivity contribution in [3.8, 4) is 5.75 Å². The van der Waals surface area contributed by atoms with E-state index < -0.39 is 6.61 Å². The van der Waals surface area contributed by atoms with Crippen molar-refractivity contribution in [1.29, 1.82) is 0 Å². The summed E-state index contributed by atoms with van der Waals surface area (Å²) in [6, 6.07) is 4.31. The molecule has 3 rings (SSSR count). The number of nitrogens with one attached hydrogen (secondary N) is 1. The number of hydrogen-bond donors (Lipinski definition) is 1. The number of carbonyl (C=O) groups excluding carboxylic acids is 1. The molecule has 1 aromatic heterocycles. The van der Waals surface area contributed by atoms with Crippen molar-refractivity contribution < 1.29 is 23.0 Å². The van der Waals surface area contributed by atoms with Gasteiger partial charge in [-0.15, -0.1) is 11.3 Å². The van der Waals surface area contributed by atoms with E-state index in [-0.39, 0.29) is 23.8 Å². The minimum atomic E-state index is -2.90. The second-order valence-corrected chi connectivity index (χ2v) is 7.03. The smallest absolute Gasteiger partial charge is 0.387 e. The lowest BCUT2D eigenvalue weighted by atomic mass is 10.1. The molecule has 0 saturated carbocycles. The minimum Gasteiger partial charge on any atom is -0.435 e. The Morgan fingerprint density at radius 2 is 2.29 bits per heavy atom. The summed E-state index contributed by atoms with van der Waals surface area (Å²) in [5, 5.41) is 3.85. The minimum absolute atomic E-state index is 0.00754. The van der Waals surface area contributed by atoms with Gasteiger partial charge in [-0.3, -0.25) is 4.79 Å². The molecule has 1 aromatic carbocycles. The van der Waals surface area contributed by atoms with E-state index in [0.717, 1.165) is 24.2 Å². The molecule has 4 nitrogen and oxygen atoms in total. The van der Waals surface area contributed by atoms with Crippen LogP contribution in [0.2, 0.25) is 5.02 Å². The number of halogens is 3. The molecule has 0 spiro atoms. The van der Waals surface area contributed by atoms with Gasteiger partial charge in [0.2, 0.25) is 0 Å². The lowest BCUT2D eigenvalue weighted by Crippen LogP contribution is -2.40. The third-order valence-corrected chi connectivity index (χ3v) is 5.57. The third kappa shape index (κ3) is 3.63. The van der Waals surface area contributed by atoms with E-state index >= 15 is 0 Å². The Morgan fingerprint density at radius 1 is 1.50 bits per heavy atom. The van der Waals surface area contributed by atoms with Crippen LogP contribution in [0.5, 0.6) is 5.75 Å². The van der Waals surface area contributed by atoms with Crippen LogP contribution in [0, 0.1) is 0 Å². The van der Waals surface area contributed by atoms with Gasteiger partial charge in [0.1, 0.15) is 10.6 Å². The van der Waals surface area contributed by atoms with Gasteiger partial charge in [0.05, 0.1) is 17.2 Å². The van der Waals surface area contributed by atoms with Crippen molar-refractivity contribution >= 4 is 38.9 Å². The molecule has 1 N–H and O–H groups in total. The fraction of sp³-hybridized carbons (Fsp3) is 0.438. The van der Waals surface area contributed by atoms with Crippen molar-refractivity contribution in [3.05, 3.63) is 28.1 Å². The van der Waals surface area contributed by atoms with Crippen LogP contribution in [0.4, 0.5) is 8.78 Å². The molecule has 1 aliphatic rings. The molecule has 2 aromatic rings. The molecule has 8 heteroatoms. The molecule has 0 bridgehead atoms. The first kappa shape index (κ1) is 17.4.